The van der Waals surface area contributed by atoms with Crippen molar-refractivity contribution in [3.63, 3.8) is 0 Å². The molecule has 3 heterocycles. The zero-order valence-corrected chi connectivity index (χ0v) is 12.9. The van der Waals surface area contributed by atoms with E-state index >= 15 is 0 Å². The summed E-state index contributed by atoms with van der Waals surface area (Å²) in [4.78, 5) is 26.5. The minimum atomic E-state index is -4.54. The summed E-state index contributed by atoms with van der Waals surface area (Å²) in [7, 11) is 0. The van der Waals surface area contributed by atoms with E-state index in [2.05, 4.69) is 0 Å². The van der Waals surface area contributed by atoms with E-state index in [1.54, 1.807) is 26.0 Å². The molecule has 0 unspecified atom stereocenters. The lowest BCUT2D eigenvalue weighted by Gasteiger charge is -2.25. The second-order valence-corrected chi connectivity index (χ2v) is 6.82. The van der Waals surface area contributed by atoms with Crippen molar-refractivity contribution < 1.29 is 27.5 Å². The van der Waals surface area contributed by atoms with E-state index in [1.165, 1.54) is 12.1 Å². The molecule has 1 aromatic carbocycles. The predicted octanol–water partition coefficient (Wildman–Crippen LogP) is 2.93. The molecule has 0 N–H and O–H groups in total. The molecular weight excluding hydrogens is 323 g/mol. The Morgan fingerprint density at radius 3 is 2.08 bits per heavy atom. The minimum absolute atomic E-state index is 0.0548. The van der Waals surface area contributed by atoms with Crippen LogP contribution in [0.15, 0.2) is 36.4 Å². The summed E-state index contributed by atoms with van der Waals surface area (Å²) in [6, 6.07) is 4.27. The van der Waals surface area contributed by atoms with Crippen LogP contribution in [0.25, 0.3) is 0 Å². The summed E-state index contributed by atoms with van der Waals surface area (Å²) < 4.78 is 44.6. The van der Waals surface area contributed by atoms with Gasteiger partial charge in [-0.2, -0.15) is 13.2 Å². The number of alkyl halides is 3. The first-order chi connectivity index (χ1) is 11.1. The molecule has 0 spiro atoms. The van der Waals surface area contributed by atoms with Crippen LogP contribution in [0.2, 0.25) is 0 Å². The molecule has 126 valence electrons. The minimum Gasteiger partial charge on any atom is -0.359 e. The quantitative estimate of drug-likeness (QED) is 0.585. The molecule has 3 aliphatic rings. The lowest BCUT2D eigenvalue weighted by atomic mass is 9.73. The first-order valence-corrected chi connectivity index (χ1v) is 7.52. The Morgan fingerprint density at radius 2 is 1.58 bits per heavy atom. The summed E-state index contributed by atoms with van der Waals surface area (Å²) in [6.07, 6.45) is -1.02. The average molecular weight is 337 g/mol. The third-order valence-corrected chi connectivity index (χ3v) is 5.16. The molecule has 2 fully saturated rings. The van der Waals surface area contributed by atoms with Gasteiger partial charge in [0.2, 0.25) is 11.8 Å². The van der Waals surface area contributed by atoms with Gasteiger partial charge in [-0.25, -0.2) is 4.90 Å². The number of fused-ring (bicyclic) bond motifs is 5. The molecule has 0 aliphatic carbocycles. The number of ether oxygens (including phenoxy) is 1. The summed E-state index contributed by atoms with van der Waals surface area (Å²) in [5.41, 5.74) is -2.75. The fourth-order valence-electron chi connectivity index (χ4n) is 4.11. The molecule has 0 saturated carbocycles. The van der Waals surface area contributed by atoms with Crippen molar-refractivity contribution in [2.24, 2.45) is 11.8 Å². The van der Waals surface area contributed by atoms with Crippen LogP contribution in [-0.2, 0) is 20.5 Å². The molecule has 7 heteroatoms. The lowest BCUT2D eigenvalue weighted by Crippen LogP contribution is -2.39. The Morgan fingerprint density at radius 1 is 1.04 bits per heavy atom. The van der Waals surface area contributed by atoms with Crippen molar-refractivity contribution in [3.05, 3.63) is 42.0 Å². The molecule has 2 bridgehead atoms. The highest BCUT2D eigenvalue weighted by atomic mass is 19.4. The smallest absolute Gasteiger partial charge is 0.359 e. The summed E-state index contributed by atoms with van der Waals surface area (Å²) in [6.45, 7) is 3.44. The van der Waals surface area contributed by atoms with Crippen molar-refractivity contribution in [2.75, 3.05) is 4.90 Å². The molecule has 4 atom stereocenters. The van der Waals surface area contributed by atoms with Crippen molar-refractivity contribution in [3.8, 4) is 0 Å². The van der Waals surface area contributed by atoms with E-state index in [0.717, 1.165) is 17.0 Å². The normalized spacial score (nSPS) is 37.5. The number of carbonyl (C=O) groups is 2. The Kier molecular flexibility index (Phi) is 2.74. The number of carbonyl (C=O) groups excluding carboxylic acids is 2. The van der Waals surface area contributed by atoms with Gasteiger partial charge in [0.25, 0.3) is 0 Å². The summed E-state index contributed by atoms with van der Waals surface area (Å²) in [5, 5.41) is 0. The van der Waals surface area contributed by atoms with Crippen LogP contribution in [-0.4, -0.2) is 23.0 Å². The Hall–Kier alpha value is -2.15. The Labute approximate surface area is 135 Å². The van der Waals surface area contributed by atoms with Gasteiger partial charge < -0.3 is 4.74 Å². The van der Waals surface area contributed by atoms with Crippen LogP contribution < -0.4 is 4.90 Å². The van der Waals surface area contributed by atoms with Gasteiger partial charge in [-0.15, -0.1) is 0 Å². The average Bonchev–Trinajstić information content (AvgIpc) is 3.03. The molecular formula is C17H14F3NO3. The van der Waals surface area contributed by atoms with E-state index in [1.807, 2.05) is 0 Å². The van der Waals surface area contributed by atoms with Gasteiger partial charge >= 0.3 is 6.18 Å². The fraction of sp³-hybridized carbons (Fsp3) is 0.412. The maximum Gasteiger partial charge on any atom is 0.416 e. The molecule has 24 heavy (non-hydrogen) atoms. The van der Waals surface area contributed by atoms with Gasteiger partial charge in [0, 0.05) is 0 Å². The number of rotatable bonds is 1. The van der Waals surface area contributed by atoms with E-state index in [-0.39, 0.29) is 5.69 Å². The van der Waals surface area contributed by atoms with Crippen molar-refractivity contribution in [2.45, 2.75) is 31.2 Å². The maximum absolute atomic E-state index is 12.9. The SMILES string of the molecule is C[C@]12C=C[C@@](C)(O1)[C@H]1C(=O)N(c3cccc(C(F)(F)F)c3)C(=O)[C@H]12. The number of amides is 2. The molecule has 4 nitrogen and oxygen atoms in total. The van der Waals surface area contributed by atoms with Gasteiger partial charge in [-0.1, -0.05) is 18.2 Å². The van der Waals surface area contributed by atoms with Crippen molar-refractivity contribution in [1.29, 1.82) is 0 Å². The Bertz CT molecular complexity index is 767. The number of nitrogens with zero attached hydrogens (tertiary/aromatic N) is 1. The summed E-state index contributed by atoms with van der Waals surface area (Å²) in [5.74, 6) is -2.45. The first-order valence-electron chi connectivity index (χ1n) is 7.52. The van der Waals surface area contributed by atoms with E-state index in [4.69, 9.17) is 4.74 Å². The third-order valence-electron chi connectivity index (χ3n) is 5.16. The standard InChI is InChI=1S/C17H14F3NO3/c1-15-6-7-16(2,24-15)12-11(15)13(22)21(14(12)23)10-5-3-4-9(8-10)17(18,19)20/h3-8,11-12H,1-2H3/t11-,12+,15-,16-/m1/s1. The monoisotopic (exact) mass is 337 g/mol. The molecule has 1 aromatic rings. The third kappa shape index (κ3) is 1.79. The zero-order valence-electron chi connectivity index (χ0n) is 12.9. The van der Waals surface area contributed by atoms with Crippen LogP contribution in [0.5, 0.6) is 0 Å². The van der Waals surface area contributed by atoms with Crippen LogP contribution >= 0.6 is 0 Å². The lowest BCUT2D eigenvalue weighted by molar-refractivity contribution is -0.138. The van der Waals surface area contributed by atoms with Crippen molar-refractivity contribution in [1.82, 2.24) is 0 Å². The van der Waals surface area contributed by atoms with Gasteiger partial charge in [0.15, 0.2) is 0 Å². The number of halogens is 3. The Balaban J connectivity index is 1.78. The van der Waals surface area contributed by atoms with Gasteiger partial charge in [-0.3, -0.25) is 9.59 Å². The highest BCUT2D eigenvalue weighted by molar-refractivity contribution is 6.23. The summed E-state index contributed by atoms with van der Waals surface area (Å²) >= 11 is 0. The number of anilines is 1. The second-order valence-electron chi connectivity index (χ2n) is 6.82. The van der Waals surface area contributed by atoms with Gasteiger partial charge in [0.05, 0.1) is 34.3 Å². The largest absolute Gasteiger partial charge is 0.416 e. The van der Waals surface area contributed by atoms with Crippen LogP contribution in [0, 0.1) is 11.8 Å². The van der Waals surface area contributed by atoms with Gasteiger partial charge in [-0.05, 0) is 32.0 Å². The molecule has 3 aliphatic heterocycles. The zero-order chi connectivity index (χ0) is 17.5. The van der Waals surface area contributed by atoms with Crippen LogP contribution in [0.1, 0.15) is 19.4 Å². The second kappa shape index (κ2) is 4.27. The molecule has 2 saturated heterocycles. The molecule has 4 rings (SSSR count). The topological polar surface area (TPSA) is 46.6 Å². The van der Waals surface area contributed by atoms with Crippen LogP contribution in [0.3, 0.4) is 0 Å². The molecule has 0 aromatic heterocycles. The number of hydrogen-bond acceptors (Lipinski definition) is 3. The van der Waals surface area contributed by atoms with Gasteiger partial charge in [0.1, 0.15) is 0 Å². The predicted molar refractivity (Wildman–Crippen MR) is 78.0 cm³/mol. The number of benzene rings is 1. The van der Waals surface area contributed by atoms with Crippen molar-refractivity contribution >= 4 is 17.5 Å². The number of hydrogen-bond donors (Lipinski definition) is 0. The van der Waals surface area contributed by atoms with Crippen LogP contribution in [0.4, 0.5) is 18.9 Å². The number of imide groups is 1. The van der Waals surface area contributed by atoms with E-state index < -0.39 is 46.6 Å². The molecule has 0 radical (unpaired) electrons. The highest BCUT2D eigenvalue weighted by Crippen LogP contribution is 2.57. The fourth-order valence-corrected chi connectivity index (χ4v) is 4.11. The van der Waals surface area contributed by atoms with E-state index in [0.29, 0.717) is 0 Å². The highest BCUT2D eigenvalue weighted by Gasteiger charge is 2.70. The first kappa shape index (κ1) is 15.4. The maximum atomic E-state index is 12.9. The molecule has 2 amide bonds. The van der Waals surface area contributed by atoms with E-state index in [9.17, 15) is 22.8 Å².